The summed E-state index contributed by atoms with van der Waals surface area (Å²) in [6.45, 7) is 3.15. The molecule has 1 atom stereocenters. The Balaban J connectivity index is 1.63. The molecule has 0 bridgehead atoms. The van der Waals surface area contributed by atoms with Gasteiger partial charge in [-0.3, -0.25) is 19.6 Å². The number of rotatable bonds is 6. The number of aromatic carboxylic acids is 1. The maximum absolute atomic E-state index is 12.3. The highest BCUT2D eigenvalue weighted by molar-refractivity contribution is 6.01. The van der Waals surface area contributed by atoms with Gasteiger partial charge in [0.2, 0.25) is 0 Å². The van der Waals surface area contributed by atoms with E-state index in [2.05, 4.69) is 9.88 Å². The van der Waals surface area contributed by atoms with Gasteiger partial charge >= 0.3 is 11.9 Å². The fraction of sp³-hybridized carbons (Fsp3) is 0.318. The van der Waals surface area contributed by atoms with Crippen molar-refractivity contribution in [1.29, 1.82) is 0 Å². The number of aromatic nitrogens is 2. The zero-order valence-corrected chi connectivity index (χ0v) is 16.7. The van der Waals surface area contributed by atoms with Crippen LogP contribution in [-0.2, 0) is 18.4 Å². The van der Waals surface area contributed by atoms with E-state index in [1.807, 2.05) is 35.2 Å². The number of fused-ring (bicyclic) bond motifs is 1. The quantitative estimate of drug-likeness (QED) is 0.645. The molecule has 0 saturated carbocycles. The van der Waals surface area contributed by atoms with Crippen LogP contribution in [0.15, 0.2) is 48.7 Å². The maximum atomic E-state index is 12.3. The number of aliphatic carboxylic acids is 1. The van der Waals surface area contributed by atoms with Crippen LogP contribution >= 0.6 is 0 Å². The molecule has 8 heteroatoms. The number of aryl methyl sites for hydroxylation is 1. The number of hydrogen-bond donors (Lipinski definition) is 2. The van der Waals surface area contributed by atoms with Crippen LogP contribution in [0.4, 0.5) is 0 Å². The first-order valence-corrected chi connectivity index (χ1v) is 9.87. The fourth-order valence-corrected chi connectivity index (χ4v) is 4.32. The van der Waals surface area contributed by atoms with Crippen molar-refractivity contribution in [2.45, 2.75) is 12.6 Å². The van der Waals surface area contributed by atoms with E-state index in [9.17, 15) is 19.8 Å². The number of pyridine rings is 1. The highest BCUT2D eigenvalue weighted by Gasteiger charge is 2.36. The largest absolute Gasteiger partial charge is 0.480 e. The molecular formula is C22H24N4O4. The van der Waals surface area contributed by atoms with E-state index in [0.717, 1.165) is 5.69 Å². The van der Waals surface area contributed by atoms with Crippen molar-refractivity contribution in [2.75, 3.05) is 26.2 Å². The highest BCUT2D eigenvalue weighted by atomic mass is 16.4. The standard InChI is InChI=1S/C22H24N4O4/c1-24-17-8-3-2-7-16(17)18(19(24)21(27)28)20(22(29)30)26-12-10-25(11-13-26)14-15-6-4-5-9-23-15/h2-9,20H,10-14H2,1H3,(H,27,28)(H,29,30). The van der Waals surface area contributed by atoms with Crippen LogP contribution in [-0.4, -0.2) is 67.7 Å². The van der Waals surface area contributed by atoms with Gasteiger partial charge in [-0.2, -0.15) is 0 Å². The molecule has 1 aliphatic rings. The van der Waals surface area contributed by atoms with Crippen molar-refractivity contribution < 1.29 is 19.8 Å². The van der Waals surface area contributed by atoms with Gasteiger partial charge in [0, 0.05) is 62.4 Å². The molecule has 0 spiro atoms. The summed E-state index contributed by atoms with van der Waals surface area (Å²) in [4.78, 5) is 32.8. The number of para-hydroxylation sites is 1. The first-order valence-electron chi connectivity index (χ1n) is 9.87. The second kappa shape index (κ2) is 8.25. The van der Waals surface area contributed by atoms with Crippen LogP contribution < -0.4 is 0 Å². The van der Waals surface area contributed by atoms with Crippen LogP contribution in [0.5, 0.6) is 0 Å². The summed E-state index contributed by atoms with van der Waals surface area (Å²) in [7, 11) is 1.67. The van der Waals surface area contributed by atoms with Crippen LogP contribution in [0.3, 0.4) is 0 Å². The lowest BCUT2D eigenvalue weighted by Gasteiger charge is -2.37. The van der Waals surface area contributed by atoms with Gasteiger partial charge in [-0.15, -0.1) is 0 Å². The molecule has 1 aliphatic heterocycles. The molecule has 2 N–H and O–H groups in total. The summed E-state index contributed by atoms with van der Waals surface area (Å²) in [6.07, 6.45) is 1.76. The molecule has 0 amide bonds. The van der Waals surface area contributed by atoms with Gasteiger partial charge in [-0.1, -0.05) is 24.3 Å². The molecule has 1 unspecified atom stereocenters. The van der Waals surface area contributed by atoms with Gasteiger partial charge in [-0.25, -0.2) is 4.79 Å². The minimum Gasteiger partial charge on any atom is -0.480 e. The van der Waals surface area contributed by atoms with Crippen molar-refractivity contribution in [2.24, 2.45) is 7.05 Å². The topological polar surface area (TPSA) is 98.9 Å². The summed E-state index contributed by atoms with van der Waals surface area (Å²) < 4.78 is 1.57. The Hall–Kier alpha value is -3.23. The average Bonchev–Trinajstić information content (AvgIpc) is 3.03. The fourth-order valence-electron chi connectivity index (χ4n) is 4.32. The average molecular weight is 408 g/mol. The number of hydrogen-bond acceptors (Lipinski definition) is 5. The van der Waals surface area contributed by atoms with Gasteiger partial charge < -0.3 is 14.8 Å². The minimum absolute atomic E-state index is 0.0273. The van der Waals surface area contributed by atoms with Crippen molar-refractivity contribution >= 4 is 22.8 Å². The Labute approximate surface area is 174 Å². The van der Waals surface area contributed by atoms with E-state index < -0.39 is 18.0 Å². The van der Waals surface area contributed by atoms with Gasteiger partial charge in [0.15, 0.2) is 0 Å². The predicted octanol–water partition coefficient (Wildman–Crippen LogP) is 2.21. The predicted molar refractivity (Wildman–Crippen MR) is 111 cm³/mol. The number of carboxylic acids is 2. The van der Waals surface area contributed by atoms with E-state index in [1.165, 1.54) is 0 Å². The lowest BCUT2D eigenvalue weighted by molar-refractivity contribution is -0.144. The first kappa shape index (κ1) is 20.1. The molecule has 4 rings (SSSR count). The monoisotopic (exact) mass is 408 g/mol. The summed E-state index contributed by atoms with van der Waals surface area (Å²) in [6, 6.07) is 12.0. The SMILES string of the molecule is Cn1c(C(=O)O)c(C(C(=O)O)N2CCN(Cc3ccccn3)CC2)c2ccccc21. The Bertz CT molecular complexity index is 1070. The van der Waals surface area contributed by atoms with E-state index in [4.69, 9.17) is 0 Å². The molecule has 30 heavy (non-hydrogen) atoms. The Kier molecular flexibility index (Phi) is 5.52. The zero-order chi connectivity index (χ0) is 21.3. The summed E-state index contributed by atoms with van der Waals surface area (Å²) >= 11 is 0. The number of carboxylic acid groups (broad SMARTS) is 2. The van der Waals surface area contributed by atoms with Gasteiger partial charge in [0.05, 0.1) is 5.69 Å². The Morgan fingerprint density at radius 3 is 2.37 bits per heavy atom. The van der Waals surface area contributed by atoms with Crippen molar-refractivity contribution in [3.63, 3.8) is 0 Å². The molecule has 1 aromatic carbocycles. The number of carbonyl (C=O) groups is 2. The highest BCUT2D eigenvalue weighted by Crippen LogP contribution is 2.34. The molecule has 3 aromatic rings. The zero-order valence-electron chi connectivity index (χ0n) is 16.7. The van der Waals surface area contributed by atoms with E-state index in [-0.39, 0.29) is 5.69 Å². The Morgan fingerprint density at radius 1 is 1.03 bits per heavy atom. The van der Waals surface area contributed by atoms with Gasteiger partial charge in [0.25, 0.3) is 0 Å². The number of nitrogens with zero attached hydrogens (tertiary/aromatic N) is 4. The summed E-state index contributed by atoms with van der Waals surface area (Å²) in [5, 5.41) is 20.6. The van der Waals surface area contributed by atoms with E-state index in [0.29, 0.717) is 49.2 Å². The molecular weight excluding hydrogens is 384 g/mol. The normalized spacial score (nSPS) is 16.6. The third kappa shape index (κ3) is 3.67. The molecule has 1 fully saturated rings. The van der Waals surface area contributed by atoms with Crippen LogP contribution in [0.25, 0.3) is 10.9 Å². The first-order chi connectivity index (χ1) is 14.5. The molecule has 8 nitrogen and oxygen atoms in total. The van der Waals surface area contributed by atoms with Crippen LogP contribution in [0.1, 0.15) is 27.8 Å². The molecule has 3 heterocycles. The minimum atomic E-state index is -1.12. The molecule has 0 radical (unpaired) electrons. The van der Waals surface area contributed by atoms with E-state index >= 15 is 0 Å². The molecule has 2 aromatic heterocycles. The number of piperazine rings is 1. The van der Waals surface area contributed by atoms with E-state index in [1.54, 1.807) is 29.9 Å². The van der Waals surface area contributed by atoms with Crippen molar-refractivity contribution in [3.05, 3.63) is 65.6 Å². The van der Waals surface area contributed by atoms with Crippen molar-refractivity contribution in [3.8, 4) is 0 Å². The molecule has 156 valence electrons. The lowest BCUT2D eigenvalue weighted by atomic mass is 10.00. The maximum Gasteiger partial charge on any atom is 0.352 e. The smallest absolute Gasteiger partial charge is 0.352 e. The number of benzene rings is 1. The van der Waals surface area contributed by atoms with Crippen LogP contribution in [0.2, 0.25) is 0 Å². The lowest BCUT2D eigenvalue weighted by Crippen LogP contribution is -2.49. The Morgan fingerprint density at radius 2 is 1.73 bits per heavy atom. The summed E-state index contributed by atoms with van der Waals surface area (Å²) in [5.41, 5.74) is 2.07. The second-order valence-corrected chi connectivity index (χ2v) is 7.52. The van der Waals surface area contributed by atoms with Gasteiger partial charge in [-0.05, 0) is 18.2 Å². The molecule has 0 aliphatic carbocycles. The third-order valence-corrected chi connectivity index (χ3v) is 5.74. The van der Waals surface area contributed by atoms with Crippen molar-refractivity contribution in [1.82, 2.24) is 19.4 Å². The summed E-state index contributed by atoms with van der Waals surface area (Å²) in [5.74, 6) is -2.16. The van der Waals surface area contributed by atoms with Crippen LogP contribution in [0, 0.1) is 0 Å². The molecule has 1 saturated heterocycles. The van der Waals surface area contributed by atoms with Gasteiger partial charge in [0.1, 0.15) is 11.7 Å². The second-order valence-electron chi connectivity index (χ2n) is 7.52. The third-order valence-electron chi connectivity index (χ3n) is 5.74.